The van der Waals surface area contributed by atoms with E-state index in [-0.39, 0.29) is 0 Å². The summed E-state index contributed by atoms with van der Waals surface area (Å²) in [7, 11) is -8.13. The van der Waals surface area contributed by atoms with E-state index < -0.39 is 44.0 Å². The van der Waals surface area contributed by atoms with Crippen LogP contribution in [0.15, 0.2) is 0 Å². The van der Waals surface area contributed by atoms with E-state index >= 15 is 0 Å². The van der Waals surface area contributed by atoms with Gasteiger partial charge in [0.2, 0.25) is 10.0 Å². The Morgan fingerprint density at radius 1 is 1.27 bits per heavy atom. The van der Waals surface area contributed by atoms with Crippen molar-refractivity contribution in [1.82, 2.24) is 4.72 Å². The van der Waals surface area contributed by atoms with Crippen molar-refractivity contribution in [3.8, 4) is 0 Å². The van der Waals surface area contributed by atoms with Crippen molar-refractivity contribution in [3.63, 3.8) is 0 Å². The molecule has 0 saturated heterocycles. The van der Waals surface area contributed by atoms with E-state index in [9.17, 15) is 25.6 Å². The molecule has 0 atom stereocenters. The Bertz CT molecular complexity index is 401. The van der Waals surface area contributed by atoms with E-state index in [1.165, 1.54) is 4.72 Å². The predicted molar refractivity (Wildman–Crippen MR) is 48.7 cm³/mol. The van der Waals surface area contributed by atoms with Crippen molar-refractivity contribution in [2.24, 2.45) is 0 Å². The molecule has 0 heterocycles. The molecule has 0 aromatic carbocycles. The number of halogens is 2. The molecular weight excluding hydrogens is 256 g/mol. The van der Waals surface area contributed by atoms with Crippen molar-refractivity contribution in [3.05, 3.63) is 0 Å². The predicted octanol–water partition coefficient (Wildman–Crippen LogP) is -1.46. The molecule has 0 radical (unpaired) electrons. The number of nitrogens with one attached hydrogen (secondary N) is 1. The molecule has 0 aliphatic carbocycles. The van der Waals surface area contributed by atoms with Crippen molar-refractivity contribution >= 4 is 19.9 Å². The highest BCUT2D eigenvalue weighted by Gasteiger charge is 2.30. The molecular formula is C5H11F2NO5S2. The van der Waals surface area contributed by atoms with Crippen LogP contribution in [0.4, 0.5) is 8.78 Å². The first-order chi connectivity index (χ1) is 6.47. The highest BCUT2D eigenvalue weighted by atomic mass is 32.3. The van der Waals surface area contributed by atoms with Gasteiger partial charge in [-0.05, 0) is 0 Å². The Kier molecular flexibility index (Phi) is 4.58. The van der Waals surface area contributed by atoms with Crippen LogP contribution in [0.2, 0.25) is 0 Å². The Hall–Kier alpha value is -0.320. The number of hydrogen-bond donors (Lipinski definition) is 2. The molecule has 0 aliphatic rings. The van der Waals surface area contributed by atoms with Gasteiger partial charge in [-0.25, -0.2) is 30.3 Å². The molecule has 0 saturated carbocycles. The first kappa shape index (κ1) is 14.7. The number of alkyl halides is 2. The van der Waals surface area contributed by atoms with E-state index in [0.29, 0.717) is 6.26 Å². The summed E-state index contributed by atoms with van der Waals surface area (Å²) in [4.78, 5) is 0. The molecule has 0 rings (SSSR count). The Morgan fingerprint density at radius 2 is 1.73 bits per heavy atom. The van der Waals surface area contributed by atoms with Gasteiger partial charge < -0.3 is 5.11 Å². The number of rotatable bonds is 6. The monoisotopic (exact) mass is 267 g/mol. The van der Waals surface area contributed by atoms with E-state index in [2.05, 4.69) is 0 Å². The highest BCUT2D eigenvalue weighted by Crippen LogP contribution is 2.10. The molecule has 10 heteroatoms. The number of sulfone groups is 1. The first-order valence-corrected chi connectivity index (χ1v) is 7.32. The van der Waals surface area contributed by atoms with Gasteiger partial charge >= 0.3 is 0 Å². The van der Waals surface area contributed by atoms with Gasteiger partial charge in [0.1, 0.15) is 6.61 Å². The summed E-state index contributed by atoms with van der Waals surface area (Å²) in [6.45, 7) is -2.85. The molecule has 6 nitrogen and oxygen atoms in total. The van der Waals surface area contributed by atoms with Crippen LogP contribution in [0.3, 0.4) is 0 Å². The zero-order chi connectivity index (χ0) is 12.3. The molecule has 92 valence electrons. The van der Waals surface area contributed by atoms with Crippen LogP contribution in [0.5, 0.6) is 0 Å². The summed E-state index contributed by atoms with van der Waals surface area (Å²) >= 11 is 0. The summed E-state index contributed by atoms with van der Waals surface area (Å²) in [6.07, 6.45) is 0.663. The molecule has 0 amide bonds. The average molecular weight is 267 g/mol. The Labute approximate surface area is 86.3 Å². The smallest absolute Gasteiger partial charge is 0.283 e. The molecule has 15 heavy (non-hydrogen) atoms. The lowest BCUT2D eigenvalue weighted by Crippen LogP contribution is -2.40. The van der Waals surface area contributed by atoms with Crippen molar-refractivity contribution in [2.45, 2.75) is 5.92 Å². The van der Waals surface area contributed by atoms with E-state index in [4.69, 9.17) is 5.11 Å². The highest BCUT2D eigenvalue weighted by molar-refractivity contribution is 8.06. The fraction of sp³-hybridized carbons (Fsp3) is 1.00. The maximum Gasteiger partial charge on any atom is 0.283 e. The van der Waals surface area contributed by atoms with Crippen molar-refractivity contribution in [1.29, 1.82) is 0 Å². The minimum Gasteiger partial charge on any atom is -0.390 e. The number of sulfonamides is 1. The van der Waals surface area contributed by atoms with E-state index in [0.717, 1.165) is 0 Å². The van der Waals surface area contributed by atoms with Crippen LogP contribution in [0.25, 0.3) is 0 Å². The first-order valence-electron chi connectivity index (χ1n) is 3.61. The molecule has 0 spiro atoms. The van der Waals surface area contributed by atoms with Gasteiger partial charge in [0, 0.05) is 6.26 Å². The van der Waals surface area contributed by atoms with Crippen LogP contribution in [0, 0.1) is 0 Å². The normalized spacial score (nSPS) is 14.1. The molecule has 0 aliphatic heterocycles. The summed E-state index contributed by atoms with van der Waals surface area (Å²) < 4.78 is 69.1. The summed E-state index contributed by atoms with van der Waals surface area (Å²) in [6, 6.07) is 0. The second-order valence-corrected chi connectivity index (χ2v) is 7.31. The third kappa shape index (κ3) is 7.59. The maximum absolute atomic E-state index is 12.4. The zero-order valence-electron chi connectivity index (χ0n) is 7.77. The van der Waals surface area contributed by atoms with Crippen LogP contribution in [0.1, 0.15) is 0 Å². The van der Waals surface area contributed by atoms with E-state index in [1.54, 1.807) is 0 Å². The topological polar surface area (TPSA) is 101 Å². The minimum atomic E-state index is -4.31. The van der Waals surface area contributed by atoms with Crippen LogP contribution < -0.4 is 4.72 Å². The SMILES string of the molecule is CS(=O)(=O)CS(=O)(=O)NCC(F)(F)CO. The van der Waals surface area contributed by atoms with Gasteiger partial charge in [-0.15, -0.1) is 0 Å². The Balaban J connectivity index is 4.43. The summed E-state index contributed by atoms with van der Waals surface area (Å²) in [5.74, 6) is -3.61. The van der Waals surface area contributed by atoms with Gasteiger partial charge in [-0.3, -0.25) is 0 Å². The minimum absolute atomic E-state index is 0.663. The van der Waals surface area contributed by atoms with E-state index in [1.807, 2.05) is 0 Å². The average Bonchev–Trinajstić information content (AvgIpc) is 1.97. The third-order valence-corrected chi connectivity index (χ3v) is 4.69. The lowest BCUT2D eigenvalue weighted by Gasteiger charge is -2.13. The largest absolute Gasteiger partial charge is 0.390 e. The third-order valence-electron chi connectivity index (χ3n) is 1.15. The van der Waals surface area contributed by atoms with Gasteiger partial charge in [0.15, 0.2) is 14.9 Å². The van der Waals surface area contributed by atoms with Crippen LogP contribution in [-0.2, 0) is 19.9 Å². The van der Waals surface area contributed by atoms with Crippen molar-refractivity contribution in [2.75, 3.05) is 24.5 Å². The molecule has 0 aromatic rings. The molecule has 0 fully saturated rings. The second-order valence-electron chi connectivity index (χ2n) is 2.99. The molecule has 0 unspecified atom stereocenters. The quantitative estimate of drug-likeness (QED) is 0.612. The summed E-state index contributed by atoms with van der Waals surface area (Å²) in [5.41, 5.74) is 0. The lowest BCUT2D eigenvalue weighted by atomic mass is 10.4. The second kappa shape index (κ2) is 4.68. The summed E-state index contributed by atoms with van der Waals surface area (Å²) in [5, 5.41) is 6.86. The van der Waals surface area contributed by atoms with Gasteiger partial charge in [0.25, 0.3) is 5.92 Å². The standard InChI is InChI=1S/C5H11F2NO5S2/c1-14(10,11)4-15(12,13)8-2-5(6,7)3-9/h8-9H,2-4H2,1H3. The molecule has 2 N–H and O–H groups in total. The lowest BCUT2D eigenvalue weighted by molar-refractivity contribution is -0.0437. The Morgan fingerprint density at radius 3 is 2.07 bits per heavy atom. The van der Waals surface area contributed by atoms with Gasteiger partial charge in [0.05, 0.1) is 6.54 Å². The fourth-order valence-electron chi connectivity index (χ4n) is 0.595. The van der Waals surface area contributed by atoms with Crippen molar-refractivity contribution < 1.29 is 30.7 Å². The molecule has 0 bridgehead atoms. The number of hydrogen-bond acceptors (Lipinski definition) is 5. The fourth-order valence-corrected chi connectivity index (χ4v) is 3.61. The molecule has 0 aromatic heterocycles. The van der Waals surface area contributed by atoms with Gasteiger partial charge in [-0.1, -0.05) is 0 Å². The van der Waals surface area contributed by atoms with Crippen LogP contribution >= 0.6 is 0 Å². The van der Waals surface area contributed by atoms with Gasteiger partial charge in [-0.2, -0.15) is 0 Å². The van der Waals surface area contributed by atoms with Crippen LogP contribution in [-0.4, -0.2) is 52.4 Å². The zero-order valence-corrected chi connectivity index (χ0v) is 9.41. The number of aliphatic hydroxyl groups excluding tert-OH is 1. The maximum atomic E-state index is 12.4. The number of aliphatic hydroxyl groups is 1.